The molecule has 2 aromatic heterocycles. The third kappa shape index (κ3) is 5.62. The van der Waals surface area contributed by atoms with Crippen LogP contribution in [0.4, 0.5) is 0 Å². The molecule has 0 saturated heterocycles. The SMILES string of the molecule is CC1(C)c2ccccc2-c2c1ccc1c2c2cc(-c3ccc4c(c3)-c3c(-c5nc(-c6ccccc6)nc(-c6ccccc6)n5)cccc3C43c4ccccc4Oc4ccccc43)ccc2n1-c1ccccc1. The molecule has 5 heteroatoms. The van der Waals surface area contributed by atoms with E-state index in [1.807, 2.05) is 36.4 Å². The minimum atomic E-state index is -0.698. The maximum absolute atomic E-state index is 6.77. The molecule has 3 aliphatic rings. The molecule has 10 aromatic carbocycles. The Kier molecular flexibility index (Phi) is 8.56. The molecule has 12 aromatic rings. The smallest absolute Gasteiger partial charge is 0.164 e. The van der Waals surface area contributed by atoms with Crippen molar-refractivity contribution < 1.29 is 4.74 Å². The van der Waals surface area contributed by atoms with Crippen molar-refractivity contribution in [2.24, 2.45) is 0 Å². The number of hydrogen-bond acceptors (Lipinski definition) is 4. The summed E-state index contributed by atoms with van der Waals surface area (Å²) in [4.78, 5) is 15.8. The molecule has 0 amide bonds. The van der Waals surface area contributed by atoms with Crippen LogP contribution in [-0.2, 0) is 10.8 Å². The quantitative estimate of drug-likeness (QED) is 0.173. The van der Waals surface area contributed by atoms with Crippen LogP contribution in [0.15, 0.2) is 231 Å². The number of fused-ring (bicyclic) bond motifs is 16. The van der Waals surface area contributed by atoms with Crippen LogP contribution in [0.1, 0.15) is 47.2 Å². The zero-order valence-electron chi connectivity index (χ0n) is 39.6. The first kappa shape index (κ1) is 40.7. The molecule has 3 heterocycles. The van der Waals surface area contributed by atoms with E-state index in [4.69, 9.17) is 19.7 Å². The molecular weight excluding hydrogens is 877 g/mol. The minimum absolute atomic E-state index is 0.135. The molecule has 338 valence electrons. The lowest BCUT2D eigenvalue weighted by atomic mass is 9.66. The fourth-order valence-corrected chi connectivity index (χ4v) is 12.6. The molecule has 1 spiro atoms. The van der Waals surface area contributed by atoms with Gasteiger partial charge >= 0.3 is 0 Å². The molecule has 0 saturated carbocycles. The van der Waals surface area contributed by atoms with Gasteiger partial charge in [-0.05, 0) is 104 Å². The molecule has 1 aliphatic heterocycles. The maximum atomic E-state index is 6.77. The Hall–Kier alpha value is -9.19. The van der Waals surface area contributed by atoms with E-state index in [0.717, 1.165) is 72.8 Å². The van der Waals surface area contributed by atoms with Crippen LogP contribution in [-0.4, -0.2) is 19.5 Å². The fourth-order valence-electron chi connectivity index (χ4n) is 12.6. The Labute approximate surface area is 417 Å². The van der Waals surface area contributed by atoms with Gasteiger partial charge in [0.25, 0.3) is 0 Å². The highest BCUT2D eigenvalue weighted by Crippen LogP contribution is 2.64. The Balaban J connectivity index is 1.02. The van der Waals surface area contributed by atoms with Crippen LogP contribution < -0.4 is 4.74 Å². The Morgan fingerprint density at radius 3 is 1.58 bits per heavy atom. The van der Waals surface area contributed by atoms with E-state index >= 15 is 0 Å². The molecule has 15 rings (SSSR count). The first-order valence-electron chi connectivity index (χ1n) is 24.8. The monoisotopic (exact) mass is 920 g/mol. The van der Waals surface area contributed by atoms with Gasteiger partial charge in [-0.15, -0.1) is 0 Å². The van der Waals surface area contributed by atoms with Crippen molar-refractivity contribution in [2.75, 3.05) is 0 Å². The van der Waals surface area contributed by atoms with Crippen LogP contribution in [0.2, 0.25) is 0 Å². The second kappa shape index (κ2) is 15.2. The largest absolute Gasteiger partial charge is 0.457 e. The van der Waals surface area contributed by atoms with Crippen LogP contribution in [0.3, 0.4) is 0 Å². The topological polar surface area (TPSA) is 52.8 Å². The van der Waals surface area contributed by atoms with Crippen molar-refractivity contribution in [1.82, 2.24) is 19.5 Å². The molecule has 0 N–H and O–H groups in total. The normalized spacial score (nSPS) is 14.0. The lowest BCUT2D eigenvalue weighted by molar-refractivity contribution is 0.436. The summed E-state index contributed by atoms with van der Waals surface area (Å²) < 4.78 is 9.22. The van der Waals surface area contributed by atoms with Crippen LogP contribution in [0, 0.1) is 0 Å². The Morgan fingerprint density at radius 1 is 0.361 bits per heavy atom. The summed E-state index contributed by atoms with van der Waals surface area (Å²) in [6.07, 6.45) is 0. The van der Waals surface area contributed by atoms with E-state index < -0.39 is 5.41 Å². The van der Waals surface area contributed by atoms with Gasteiger partial charge in [-0.1, -0.05) is 196 Å². The second-order valence-electron chi connectivity index (χ2n) is 19.8. The third-order valence-electron chi connectivity index (χ3n) is 15.7. The van der Waals surface area contributed by atoms with Gasteiger partial charge in [-0.25, -0.2) is 15.0 Å². The Bertz CT molecular complexity index is 4110. The molecule has 2 aliphatic carbocycles. The van der Waals surface area contributed by atoms with Gasteiger partial charge in [0.2, 0.25) is 0 Å². The van der Waals surface area contributed by atoms with Gasteiger partial charge in [-0.2, -0.15) is 0 Å². The van der Waals surface area contributed by atoms with E-state index in [0.29, 0.717) is 17.5 Å². The third-order valence-corrected chi connectivity index (χ3v) is 15.7. The summed E-state index contributed by atoms with van der Waals surface area (Å²) in [6.45, 7) is 4.73. The highest BCUT2D eigenvalue weighted by atomic mass is 16.5. The maximum Gasteiger partial charge on any atom is 0.164 e. The Morgan fingerprint density at radius 2 is 0.889 bits per heavy atom. The van der Waals surface area contributed by atoms with Crippen LogP contribution in [0.25, 0.3) is 95.0 Å². The molecule has 72 heavy (non-hydrogen) atoms. The first-order valence-corrected chi connectivity index (χ1v) is 24.8. The number of para-hydroxylation sites is 3. The van der Waals surface area contributed by atoms with E-state index in [9.17, 15) is 0 Å². The summed E-state index contributed by atoms with van der Waals surface area (Å²) in [6, 6.07) is 82.9. The standard InChI is InChI=1S/C67H44N4O/c1-66(2)50-27-13-12-25-46(50)61-54(66)36-38-57-62(61)49-40-44(34-37-56(49)71(57)45-23-10-5-11-24-45)43-33-35-51-48(39-43)60-47(65-69-63(41-19-6-3-7-20-41)68-64(70-65)42-21-8-4-9-22-42)26-18-30-55(60)67(51)52-28-14-16-31-58(52)72-59-32-17-15-29-53(59)67/h3-40H,1-2H3. The van der Waals surface area contributed by atoms with Crippen molar-refractivity contribution in [3.63, 3.8) is 0 Å². The lowest BCUT2D eigenvalue weighted by Crippen LogP contribution is -2.32. The fraction of sp³-hybridized carbons (Fsp3) is 0.0597. The second-order valence-corrected chi connectivity index (χ2v) is 19.8. The summed E-state index contributed by atoms with van der Waals surface area (Å²) in [5.74, 6) is 3.57. The average molecular weight is 921 g/mol. The van der Waals surface area contributed by atoms with E-state index in [2.05, 4.69) is 213 Å². The highest BCUT2D eigenvalue weighted by molar-refractivity contribution is 6.18. The zero-order chi connectivity index (χ0) is 47.7. The minimum Gasteiger partial charge on any atom is -0.457 e. The zero-order valence-corrected chi connectivity index (χ0v) is 39.6. The molecular formula is C67H44N4O. The molecule has 5 nitrogen and oxygen atoms in total. The van der Waals surface area contributed by atoms with Crippen LogP contribution in [0.5, 0.6) is 11.5 Å². The summed E-state index contributed by atoms with van der Waals surface area (Å²) in [7, 11) is 0. The highest BCUT2D eigenvalue weighted by Gasteiger charge is 2.52. The van der Waals surface area contributed by atoms with E-state index in [1.54, 1.807) is 0 Å². The van der Waals surface area contributed by atoms with Gasteiger partial charge in [0.15, 0.2) is 17.5 Å². The number of hydrogen-bond donors (Lipinski definition) is 0. The number of aromatic nitrogens is 4. The molecule has 0 radical (unpaired) electrons. The van der Waals surface area contributed by atoms with Crippen LogP contribution >= 0.6 is 0 Å². The first-order chi connectivity index (χ1) is 35.5. The van der Waals surface area contributed by atoms with Gasteiger partial charge in [0.05, 0.1) is 16.4 Å². The molecule has 0 bridgehead atoms. The van der Waals surface area contributed by atoms with Crippen molar-refractivity contribution in [2.45, 2.75) is 24.7 Å². The average Bonchev–Trinajstić information content (AvgIpc) is 4.02. The lowest BCUT2D eigenvalue weighted by Gasteiger charge is -2.39. The molecule has 0 unspecified atom stereocenters. The van der Waals surface area contributed by atoms with Gasteiger partial charge < -0.3 is 9.30 Å². The van der Waals surface area contributed by atoms with Gasteiger partial charge in [0.1, 0.15) is 11.5 Å². The van der Waals surface area contributed by atoms with Crippen molar-refractivity contribution >= 4 is 21.8 Å². The van der Waals surface area contributed by atoms with Crippen molar-refractivity contribution in [3.8, 4) is 84.7 Å². The number of benzene rings is 10. The molecule has 0 atom stereocenters. The molecule has 0 fully saturated rings. The predicted octanol–water partition coefficient (Wildman–Crippen LogP) is 16.4. The summed E-state index contributed by atoms with van der Waals surface area (Å²) in [5.41, 5.74) is 19.9. The summed E-state index contributed by atoms with van der Waals surface area (Å²) in [5, 5.41) is 2.51. The number of nitrogens with zero attached hydrogens (tertiary/aromatic N) is 4. The van der Waals surface area contributed by atoms with Gasteiger partial charge in [0, 0.05) is 49.7 Å². The van der Waals surface area contributed by atoms with Crippen molar-refractivity contribution in [3.05, 3.63) is 264 Å². The predicted molar refractivity (Wildman–Crippen MR) is 291 cm³/mol. The van der Waals surface area contributed by atoms with Gasteiger partial charge in [-0.3, -0.25) is 0 Å². The van der Waals surface area contributed by atoms with Crippen molar-refractivity contribution in [1.29, 1.82) is 0 Å². The number of ether oxygens (including phenoxy) is 1. The van der Waals surface area contributed by atoms with E-state index in [1.165, 1.54) is 49.6 Å². The summed E-state index contributed by atoms with van der Waals surface area (Å²) >= 11 is 0. The number of rotatable bonds is 5. The van der Waals surface area contributed by atoms with E-state index in [-0.39, 0.29) is 5.41 Å².